The summed E-state index contributed by atoms with van der Waals surface area (Å²) >= 11 is 0. The molecule has 0 radical (unpaired) electrons. The highest BCUT2D eigenvalue weighted by atomic mass is 16.1. The molecule has 8 aromatic carbocycles. The molecule has 1 heterocycles. The maximum atomic E-state index is 13.7. The third kappa shape index (κ3) is 7.63. The average molecular weight is 733 g/mol. The van der Waals surface area contributed by atoms with Gasteiger partial charge in [0.25, 0.3) is 5.91 Å². The number of carbonyl (C=O) groups is 1. The highest BCUT2D eigenvalue weighted by Gasteiger charge is 2.17. The molecule has 0 aliphatic rings. The number of hydrogen-bond acceptors (Lipinski definition) is 4. The minimum absolute atomic E-state index is 0.175. The van der Waals surface area contributed by atoms with Crippen LogP contribution in [0.4, 0.5) is 5.69 Å². The van der Waals surface area contributed by atoms with Crippen LogP contribution in [0.5, 0.6) is 0 Å². The van der Waals surface area contributed by atoms with E-state index in [2.05, 4.69) is 102 Å². The number of anilines is 1. The Kier molecular flexibility index (Phi) is 9.77. The van der Waals surface area contributed by atoms with Gasteiger partial charge < -0.3 is 5.32 Å². The first-order valence-electron chi connectivity index (χ1n) is 18.9. The van der Waals surface area contributed by atoms with E-state index in [0.29, 0.717) is 23.0 Å². The smallest absolute Gasteiger partial charge is 0.255 e. The van der Waals surface area contributed by atoms with Crippen LogP contribution < -0.4 is 5.32 Å². The predicted molar refractivity (Wildman–Crippen MR) is 232 cm³/mol. The summed E-state index contributed by atoms with van der Waals surface area (Å²) in [5.41, 5.74) is 12.4. The fourth-order valence-electron chi connectivity index (χ4n) is 7.06. The second-order valence-corrected chi connectivity index (χ2v) is 13.7. The van der Waals surface area contributed by atoms with E-state index in [1.165, 1.54) is 0 Å². The summed E-state index contributed by atoms with van der Waals surface area (Å²) in [5.74, 6) is 1.65. The van der Waals surface area contributed by atoms with Gasteiger partial charge in [0.05, 0.1) is 0 Å². The van der Waals surface area contributed by atoms with Crippen LogP contribution in [0.2, 0.25) is 0 Å². The summed E-state index contributed by atoms with van der Waals surface area (Å²) in [6, 6.07) is 71.1. The molecule has 9 rings (SSSR count). The number of carbonyl (C=O) groups excluding carboxylic acids is 1. The third-order valence-electron chi connectivity index (χ3n) is 9.98. The van der Waals surface area contributed by atoms with Crippen molar-refractivity contribution in [1.82, 2.24) is 15.0 Å². The molecule has 1 N–H and O–H groups in total. The summed E-state index contributed by atoms with van der Waals surface area (Å²) in [6.07, 6.45) is 0. The van der Waals surface area contributed by atoms with Gasteiger partial charge in [0.1, 0.15) is 0 Å². The highest BCUT2D eigenvalue weighted by Crippen LogP contribution is 2.40. The maximum Gasteiger partial charge on any atom is 0.255 e. The van der Waals surface area contributed by atoms with E-state index in [4.69, 9.17) is 15.0 Å². The second-order valence-electron chi connectivity index (χ2n) is 13.7. The molecule has 0 fully saturated rings. The lowest BCUT2D eigenvalue weighted by Gasteiger charge is -2.17. The average Bonchev–Trinajstić information content (AvgIpc) is 3.30. The Balaban J connectivity index is 1.10. The van der Waals surface area contributed by atoms with Crippen molar-refractivity contribution in [2.75, 3.05) is 5.32 Å². The van der Waals surface area contributed by atoms with Gasteiger partial charge >= 0.3 is 0 Å². The molecule has 0 aliphatic heterocycles. The zero-order valence-electron chi connectivity index (χ0n) is 31.0. The van der Waals surface area contributed by atoms with Crippen molar-refractivity contribution in [3.05, 3.63) is 218 Å². The molecule has 5 heteroatoms. The van der Waals surface area contributed by atoms with Crippen molar-refractivity contribution >= 4 is 11.6 Å². The van der Waals surface area contributed by atoms with Crippen LogP contribution in [0.3, 0.4) is 0 Å². The molecule has 0 atom stereocenters. The van der Waals surface area contributed by atoms with E-state index in [1.54, 1.807) is 0 Å². The molecule has 270 valence electrons. The standard InChI is InChI=1S/C52H36N4O/c57-52(41-22-11-4-12-23-41)53-48-35-43(32-33-47(48)46-27-14-13-26-45(46)44-25-15-24-42(34-44)36-16-5-1-6-17-36)37-28-30-40(31-29-37)51-55-49(38-18-7-2-8-19-38)54-50(56-51)39-20-9-3-10-21-39/h1-35H,(H,53,57). The maximum absolute atomic E-state index is 13.7. The van der Waals surface area contributed by atoms with E-state index in [-0.39, 0.29) is 5.91 Å². The molecular formula is C52H36N4O. The van der Waals surface area contributed by atoms with Gasteiger partial charge in [-0.05, 0) is 63.2 Å². The lowest BCUT2D eigenvalue weighted by atomic mass is 9.90. The van der Waals surface area contributed by atoms with Gasteiger partial charge in [0.2, 0.25) is 0 Å². The molecule has 57 heavy (non-hydrogen) atoms. The van der Waals surface area contributed by atoms with Crippen LogP contribution in [0.15, 0.2) is 212 Å². The Morgan fingerprint density at radius 2 is 0.719 bits per heavy atom. The lowest BCUT2D eigenvalue weighted by molar-refractivity contribution is 0.102. The summed E-state index contributed by atoms with van der Waals surface area (Å²) in [5, 5.41) is 3.27. The third-order valence-corrected chi connectivity index (χ3v) is 9.98. The summed E-state index contributed by atoms with van der Waals surface area (Å²) in [6.45, 7) is 0. The van der Waals surface area contributed by atoms with Crippen molar-refractivity contribution in [3.63, 3.8) is 0 Å². The number of nitrogens with one attached hydrogen (secondary N) is 1. The van der Waals surface area contributed by atoms with Crippen LogP contribution in [-0.4, -0.2) is 20.9 Å². The normalized spacial score (nSPS) is 10.9. The van der Waals surface area contributed by atoms with Crippen LogP contribution in [0, 0.1) is 0 Å². The molecule has 0 bridgehead atoms. The largest absolute Gasteiger partial charge is 0.321 e. The predicted octanol–water partition coefficient (Wildman–Crippen LogP) is 12.8. The summed E-state index contributed by atoms with van der Waals surface area (Å²) < 4.78 is 0. The second kappa shape index (κ2) is 15.9. The first-order chi connectivity index (χ1) is 28.2. The van der Waals surface area contributed by atoms with Gasteiger partial charge in [0.15, 0.2) is 17.5 Å². The van der Waals surface area contributed by atoms with Gasteiger partial charge in [-0.2, -0.15) is 0 Å². The SMILES string of the molecule is O=C(Nc1cc(-c2ccc(-c3nc(-c4ccccc4)nc(-c4ccccc4)n3)cc2)ccc1-c1ccccc1-c1cccc(-c2ccccc2)c1)c1ccccc1. The van der Waals surface area contributed by atoms with E-state index < -0.39 is 0 Å². The number of rotatable bonds is 9. The van der Waals surface area contributed by atoms with Crippen molar-refractivity contribution in [1.29, 1.82) is 0 Å². The Bertz CT molecular complexity index is 2750. The van der Waals surface area contributed by atoms with E-state index in [0.717, 1.165) is 66.9 Å². The molecule has 9 aromatic rings. The number of nitrogens with zero attached hydrogens (tertiary/aromatic N) is 3. The first-order valence-corrected chi connectivity index (χ1v) is 18.9. The van der Waals surface area contributed by atoms with Crippen LogP contribution >= 0.6 is 0 Å². The van der Waals surface area contributed by atoms with Crippen molar-refractivity contribution in [2.24, 2.45) is 0 Å². The molecule has 5 nitrogen and oxygen atoms in total. The van der Waals surface area contributed by atoms with Gasteiger partial charge in [-0.15, -0.1) is 0 Å². The van der Waals surface area contributed by atoms with Crippen molar-refractivity contribution < 1.29 is 4.79 Å². The fourth-order valence-corrected chi connectivity index (χ4v) is 7.06. The van der Waals surface area contributed by atoms with Gasteiger partial charge in [-0.1, -0.05) is 188 Å². The summed E-state index contributed by atoms with van der Waals surface area (Å²) in [4.78, 5) is 28.4. The van der Waals surface area contributed by atoms with Gasteiger partial charge in [-0.25, -0.2) is 15.0 Å². The number of hydrogen-bond donors (Lipinski definition) is 1. The summed E-state index contributed by atoms with van der Waals surface area (Å²) in [7, 11) is 0. The molecule has 1 amide bonds. The van der Waals surface area contributed by atoms with E-state index in [1.807, 2.05) is 115 Å². The molecule has 0 saturated heterocycles. The molecule has 1 aromatic heterocycles. The van der Waals surface area contributed by atoms with Crippen molar-refractivity contribution in [2.45, 2.75) is 0 Å². The Labute approximate surface area is 332 Å². The first kappa shape index (κ1) is 35.0. The number of benzene rings is 8. The molecule has 0 unspecified atom stereocenters. The topological polar surface area (TPSA) is 67.8 Å². The van der Waals surface area contributed by atoms with E-state index in [9.17, 15) is 4.79 Å². The number of aromatic nitrogens is 3. The Morgan fingerprint density at radius 1 is 0.316 bits per heavy atom. The lowest BCUT2D eigenvalue weighted by Crippen LogP contribution is -2.12. The molecular weight excluding hydrogens is 697 g/mol. The van der Waals surface area contributed by atoms with Crippen LogP contribution in [0.1, 0.15) is 10.4 Å². The Morgan fingerprint density at radius 3 is 1.32 bits per heavy atom. The van der Waals surface area contributed by atoms with Gasteiger partial charge in [0, 0.05) is 33.5 Å². The zero-order chi connectivity index (χ0) is 38.4. The van der Waals surface area contributed by atoms with Crippen LogP contribution in [-0.2, 0) is 0 Å². The van der Waals surface area contributed by atoms with Gasteiger partial charge in [-0.3, -0.25) is 4.79 Å². The monoisotopic (exact) mass is 732 g/mol. The minimum Gasteiger partial charge on any atom is -0.321 e. The molecule has 0 saturated carbocycles. The van der Waals surface area contributed by atoms with E-state index >= 15 is 0 Å². The molecule has 0 spiro atoms. The zero-order valence-corrected chi connectivity index (χ0v) is 31.0. The Hall–Kier alpha value is -7.76. The fraction of sp³-hybridized carbons (Fsp3) is 0. The molecule has 0 aliphatic carbocycles. The highest BCUT2D eigenvalue weighted by molar-refractivity contribution is 6.07. The number of amides is 1. The van der Waals surface area contributed by atoms with Crippen LogP contribution in [0.25, 0.3) is 78.7 Å². The van der Waals surface area contributed by atoms with Crippen molar-refractivity contribution in [3.8, 4) is 78.7 Å². The minimum atomic E-state index is -0.175. The quantitative estimate of drug-likeness (QED) is 0.160.